The van der Waals surface area contributed by atoms with Crippen LogP contribution in [0.4, 0.5) is 0 Å². The molecule has 2 aromatic carbocycles. The number of carbonyl (C=O) groups is 2. The molecule has 0 radical (unpaired) electrons. The van der Waals surface area contributed by atoms with Crippen LogP contribution in [0.25, 0.3) is 11.1 Å². The van der Waals surface area contributed by atoms with Gasteiger partial charge in [0.05, 0.1) is 19.4 Å². The number of ether oxygens (including phenoxy) is 2. The van der Waals surface area contributed by atoms with Gasteiger partial charge in [-0.3, -0.25) is 9.59 Å². The molecule has 1 aliphatic rings. The van der Waals surface area contributed by atoms with Crippen LogP contribution in [-0.4, -0.2) is 25.7 Å². The second-order valence-corrected chi connectivity index (χ2v) is 6.04. The van der Waals surface area contributed by atoms with Crippen LogP contribution in [-0.2, 0) is 19.1 Å². The van der Waals surface area contributed by atoms with Crippen LogP contribution in [0, 0.1) is 5.92 Å². The second-order valence-electron chi connectivity index (χ2n) is 6.04. The van der Waals surface area contributed by atoms with Crippen molar-refractivity contribution in [3.63, 3.8) is 0 Å². The van der Waals surface area contributed by atoms with E-state index < -0.39 is 11.9 Å². The van der Waals surface area contributed by atoms with Crippen LogP contribution < -0.4 is 0 Å². The molecular weight excluding hydrogens is 304 g/mol. The molecule has 0 bridgehead atoms. The number of carbonyl (C=O) groups excluding carboxylic acids is 2. The molecule has 0 N–H and O–H groups in total. The van der Waals surface area contributed by atoms with Gasteiger partial charge in [-0.1, -0.05) is 55.5 Å². The van der Waals surface area contributed by atoms with Crippen molar-refractivity contribution in [1.82, 2.24) is 0 Å². The smallest absolute Gasteiger partial charge is 0.308 e. The molecule has 0 spiro atoms. The number of hydrogen-bond acceptors (Lipinski definition) is 4. The van der Waals surface area contributed by atoms with E-state index in [0.717, 1.165) is 0 Å². The van der Waals surface area contributed by atoms with E-state index in [4.69, 9.17) is 4.74 Å². The Hall–Kier alpha value is -2.62. The van der Waals surface area contributed by atoms with Crippen LogP contribution >= 0.6 is 0 Å². The predicted octanol–water partition coefficient (Wildman–Crippen LogP) is 3.54. The minimum absolute atomic E-state index is 0.0304. The molecule has 0 aromatic heterocycles. The lowest BCUT2D eigenvalue weighted by molar-refractivity contribution is -0.152. The van der Waals surface area contributed by atoms with Crippen molar-refractivity contribution >= 4 is 11.9 Å². The van der Waals surface area contributed by atoms with Gasteiger partial charge in [-0.15, -0.1) is 0 Å². The van der Waals surface area contributed by atoms with Crippen molar-refractivity contribution in [2.75, 3.05) is 13.7 Å². The lowest BCUT2D eigenvalue weighted by atomic mass is 9.98. The van der Waals surface area contributed by atoms with Crippen LogP contribution in [0.2, 0.25) is 0 Å². The van der Waals surface area contributed by atoms with E-state index in [1.807, 2.05) is 24.3 Å². The highest BCUT2D eigenvalue weighted by Crippen LogP contribution is 2.44. The Morgan fingerprint density at radius 3 is 2.08 bits per heavy atom. The summed E-state index contributed by atoms with van der Waals surface area (Å²) in [5, 5.41) is 0. The zero-order chi connectivity index (χ0) is 17.1. The predicted molar refractivity (Wildman–Crippen MR) is 90.5 cm³/mol. The van der Waals surface area contributed by atoms with E-state index in [9.17, 15) is 9.59 Å². The number of methoxy groups -OCH3 is 1. The molecule has 4 heteroatoms. The molecule has 4 nitrogen and oxygen atoms in total. The normalized spacial score (nSPS) is 13.8. The van der Waals surface area contributed by atoms with Gasteiger partial charge in [0.25, 0.3) is 0 Å². The van der Waals surface area contributed by atoms with E-state index in [-0.39, 0.29) is 24.9 Å². The molecule has 0 aliphatic heterocycles. The molecule has 2 aromatic rings. The van der Waals surface area contributed by atoms with Gasteiger partial charge in [0.1, 0.15) is 6.61 Å². The third kappa shape index (κ3) is 3.04. The molecule has 124 valence electrons. The van der Waals surface area contributed by atoms with Crippen molar-refractivity contribution < 1.29 is 19.1 Å². The average molecular weight is 324 g/mol. The summed E-state index contributed by atoms with van der Waals surface area (Å²) in [5.41, 5.74) is 4.73. The van der Waals surface area contributed by atoms with E-state index in [0.29, 0.717) is 0 Å². The number of hydrogen-bond donors (Lipinski definition) is 0. The zero-order valence-corrected chi connectivity index (χ0v) is 13.8. The molecule has 0 fully saturated rings. The summed E-state index contributed by atoms with van der Waals surface area (Å²) in [6.07, 6.45) is 0.0304. The molecule has 0 heterocycles. The summed E-state index contributed by atoms with van der Waals surface area (Å²) in [7, 11) is 1.32. The van der Waals surface area contributed by atoms with Gasteiger partial charge in [-0.25, -0.2) is 0 Å². The van der Waals surface area contributed by atoms with Crippen LogP contribution in [0.3, 0.4) is 0 Å². The Morgan fingerprint density at radius 1 is 1.00 bits per heavy atom. The van der Waals surface area contributed by atoms with Crippen molar-refractivity contribution in [2.24, 2.45) is 5.92 Å². The van der Waals surface area contributed by atoms with E-state index in [2.05, 4.69) is 29.0 Å². The van der Waals surface area contributed by atoms with Crippen LogP contribution in [0.5, 0.6) is 0 Å². The summed E-state index contributed by atoms with van der Waals surface area (Å²) in [4.78, 5) is 23.4. The third-order valence-electron chi connectivity index (χ3n) is 4.45. The summed E-state index contributed by atoms with van der Waals surface area (Å²) in [6.45, 7) is 1.94. The van der Waals surface area contributed by atoms with E-state index in [1.54, 1.807) is 6.92 Å². The monoisotopic (exact) mass is 324 g/mol. The van der Waals surface area contributed by atoms with Gasteiger partial charge in [0.15, 0.2) is 0 Å². The van der Waals surface area contributed by atoms with E-state index >= 15 is 0 Å². The first-order valence-corrected chi connectivity index (χ1v) is 8.03. The first-order valence-electron chi connectivity index (χ1n) is 8.03. The maximum Gasteiger partial charge on any atom is 0.308 e. The van der Waals surface area contributed by atoms with Crippen LogP contribution in [0.15, 0.2) is 48.5 Å². The maximum absolute atomic E-state index is 12.0. The topological polar surface area (TPSA) is 52.6 Å². The lowest BCUT2D eigenvalue weighted by Crippen LogP contribution is -2.20. The molecule has 0 unspecified atom stereocenters. The largest absolute Gasteiger partial charge is 0.469 e. The maximum atomic E-state index is 12.0. The molecule has 1 atom stereocenters. The number of esters is 2. The molecule has 0 saturated carbocycles. The Morgan fingerprint density at radius 2 is 1.54 bits per heavy atom. The molecule has 0 saturated heterocycles. The minimum atomic E-state index is -0.495. The fourth-order valence-corrected chi connectivity index (χ4v) is 3.21. The Bertz CT molecular complexity index is 720. The molecule has 24 heavy (non-hydrogen) atoms. The quantitative estimate of drug-likeness (QED) is 0.789. The van der Waals surface area contributed by atoms with E-state index in [1.165, 1.54) is 29.4 Å². The van der Waals surface area contributed by atoms with Crippen LogP contribution in [0.1, 0.15) is 30.4 Å². The fraction of sp³-hybridized carbons (Fsp3) is 0.300. The number of fused-ring (bicyclic) bond motifs is 3. The first-order chi connectivity index (χ1) is 11.6. The number of rotatable bonds is 5. The lowest BCUT2D eigenvalue weighted by Gasteiger charge is -2.15. The third-order valence-corrected chi connectivity index (χ3v) is 4.45. The second kappa shape index (κ2) is 6.87. The van der Waals surface area contributed by atoms with Crippen molar-refractivity contribution in [1.29, 1.82) is 0 Å². The Balaban J connectivity index is 1.72. The fourth-order valence-electron chi connectivity index (χ4n) is 3.21. The average Bonchev–Trinajstić information content (AvgIpc) is 2.93. The van der Waals surface area contributed by atoms with Crippen molar-refractivity contribution in [2.45, 2.75) is 19.3 Å². The zero-order valence-electron chi connectivity index (χ0n) is 13.8. The Kier molecular flexibility index (Phi) is 4.65. The van der Waals surface area contributed by atoms with Gasteiger partial charge in [0, 0.05) is 5.92 Å². The van der Waals surface area contributed by atoms with Gasteiger partial charge < -0.3 is 9.47 Å². The molecular formula is C20H20O4. The van der Waals surface area contributed by atoms with Gasteiger partial charge in [-0.05, 0) is 22.3 Å². The summed E-state index contributed by atoms with van der Waals surface area (Å²) in [6, 6.07) is 16.4. The highest BCUT2D eigenvalue weighted by atomic mass is 16.5. The van der Waals surface area contributed by atoms with Gasteiger partial charge in [0.2, 0.25) is 0 Å². The number of benzene rings is 2. The highest BCUT2D eigenvalue weighted by Gasteiger charge is 2.29. The minimum Gasteiger partial charge on any atom is -0.469 e. The molecule has 1 aliphatic carbocycles. The SMILES string of the molecule is COC(=O)[C@H](C)CC(=O)OCC1c2ccccc2-c2ccccc21. The first kappa shape index (κ1) is 16.2. The molecule has 0 amide bonds. The van der Waals surface area contributed by atoms with Crippen molar-refractivity contribution in [3.8, 4) is 11.1 Å². The standard InChI is InChI=1S/C20H20O4/c1-13(20(22)23-2)11-19(21)24-12-18-16-9-5-3-7-14(16)15-8-4-6-10-17(15)18/h3-10,13,18H,11-12H2,1-2H3/t13-/m1/s1. The summed E-state index contributed by atoms with van der Waals surface area (Å²) >= 11 is 0. The molecule has 3 rings (SSSR count). The summed E-state index contributed by atoms with van der Waals surface area (Å²) in [5.74, 6) is -1.24. The van der Waals surface area contributed by atoms with Gasteiger partial charge >= 0.3 is 11.9 Å². The Labute approximate surface area is 141 Å². The van der Waals surface area contributed by atoms with Crippen molar-refractivity contribution in [3.05, 3.63) is 59.7 Å². The summed E-state index contributed by atoms with van der Waals surface area (Å²) < 4.78 is 10.1. The highest BCUT2D eigenvalue weighted by molar-refractivity contribution is 5.80. The van der Waals surface area contributed by atoms with Gasteiger partial charge in [-0.2, -0.15) is 0 Å².